The van der Waals surface area contributed by atoms with E-state index in [-0.39, 0.29) is 35.0 Å². The lowest BCUT2D eigenvalue weighted by atomic mass is 10.0. The highest BCUT2D eigenvalue weighted by atomic mass is 19.4. The number of carbonyl (C=O) groups is 1. The van der Waals surface area contributed by atoms with Gasteiger partial charge in [-0.2, -0.15) is 13.2 Å². The summed E-state index contributed by atoms with van der Waals surface area (Å²) in [7, 11) is 0. The van der Waals surface area contributed by atoms with Gasteiger partial charge in [0, 0.05) is 35.0 Å². The monoisotopic (exact) mass is 483 g/mol. The molecule has 1 aliphatic heterocycles. The van der Waals surface area contributed by atoms with Gasteiger partial charge in [0.25, 0.3) is 12.3 Å². The number of fused-ring (bicyclic) bond motifs is 1. The SMILES string of the molecule is O=C1c2ccnc(-c3ccc(F)cc3OCC(F)(F)F)c2CN1c1ccc(OCC(F)F)nc1. The van der Waals surface area contributed by atoms with E-state index in [1.165, 1.54) is 41.6 Å². The van der Waals surface area contributed by atoms with Gasteiger partial charge in [-0.25, -0.2) is 18.2 Å². The number of benzene rings is 1. The minimum Gasteiger partial charge on any atom is -0.483 e. The smallest absolute Gasteiger partial charge is 0.422 e. The molecule has 0 atom stereocenters. The zero-order valence-electron chi connectivity index (χ0n) is 17.2. The fourth-order valence-electron chi connectivity index (χ4n) is 3.41. The molecule has 2 aromatic heterocycles. The van der Waals surface area contributed by atoms with Crippen molar-refractivity contribution in [1.82, 2.24) is 9.97 Å². The van der Waals surface area contributed by atoms with Gasteiger partial charge in [-0.3, -0.25) is 9.78 Å². The number of carbonyl (C=O) groups excluding carboxylic acids is 1. The number of alkyl halides is 5. The molecule has 4 rings (SSSR count). The molecule has 3 heterocycles. The molecule has 178 valence electrons. The summed E-state index contributed by atoms with van der Waals surface area (Å²) >= 11 is 0. The van der Waals surface area contributed by atoms with Crippen LogP contribution in [0.1, 0.15) is 15.9 Å². The van der Waals surface area contributed by atoms with Crippen LogP contribution in [-0.4, -0.2) is 41.7 Å². The van der Waals surface area contributed by atoms with E-state index in [1.54, 1.807) is 0 Å². The maximum Gasteiger partial charge on any atom is 0.422 e. The average Bonchev–Trinajstić information content (AvgIpc) is 3.13. The van der Waals surface area contributed by atoms with E-state index in [4.69, 9.17) is 9.47 Å². The van der Waals surface area contributed by atoms with Crippen molar-refractivity contribution in [3.63, 3.8) is 0 Å². The van der Waals surface area contributed by atoms with Crippen molar-refractivity contribution in [2.24, 2.45) is 0 Å². The van der Waals surface area contributed by atoms with Crippen LogP contribution in [-0.2, 0) is 6.54 Å². The van der Waals surface area contributed by atoms with Crippen molar-refractivity contribution < 1.29 is 40.6 Å². The number of ether oxygens (including phenoxy) is 2. The molecule has 0 aliphatic carbocycles. The Hall–Kier alpha value is -3.83. The number of rotatable bonds is 7. The Balaban J connectivity index is 1.64. The van der Waals surface area contributed by atoms with E-state index >= 15 is 0 Å². The first-order valence-electron chi connectivity index (χ1n) is 9.78. The van der Waals surface area contributed by atoms with Crippen LogP contribution >= 0.6 is 0 Å². The second-order valence-corrected chi connectivity index (χ2v) is 7.18. The molecule has 1 aromatic carbocycles. The predicted octanol–water partition coefficient (Wildman–Crippen LogP) is 5.03. The summed E-state index contributed by atoms with van der Waals surface area (Å²) < 4.78 is 85.9. The van der Waals surface area contributed by atoms with Crippen molar-refractivity contribution in [2.45, 2.75) is 19.1 Å². The van der Waals surface area contributed by atoms with Crippen molar-refractivity contribution >= 4 is 11.6 Å². The van der Waals surface area contributed by atoms with E-state index < -0.39 is 37.5 Å². The largest absolute Gasteiger partial charge is 0.483 e. The topological polar surface area (TPSA) is 64.5 Å². The van der Waals surface area contributed by atoms with Crippen molar-refractivity contribution in [3.8, 4) is 22.9 Å². The molecule has 1 aliphatic rings. The van der Waals surface area contributed by atoms with Crippen LogP contribution in [0.2, 0.25) is 0 Å². The molecule has 0 bridgehead atoms. The van der Waals surface area contributed by atoms with Crippen LogP contribution in [0.25, 0.3) is 11.3 Å². The maximum absolute atomic E-state index is 13.7. The summed E-state index contributed by atoms with van der Waals surface area (Å²) in [6.45, 7) is -2.46. The first-order valence-corrected chi connectivity index (χ1v) is 9.78. The fourth-order valence-corrected chi connectivity index (χ4v) is 3.41. The normalized spacial score (nSPS) is 13.4. The Morgan fingerprint density at radius 1 is 1.03 bits per heavy atom. The summed E-state index contributed by atoms with van der Waals surface area (Å²) in [5, 5.41) is 0. The van der Waals surface area contributed by atoms with Crippen LogP contribution in [0.4, 0.5) is 32.0 Å². The van der Waals surface area contributed by atoms with Crippen LogP contribution in [0, 0.1) is 5.82 Å². The lowest BCUT2D eigenvalue weighted by molar-refractivity contribution is -0.153. The molecule has 34 heavy (non-hydrogen) atoms. The zero-order valence-corrected chi connectivity index (χ0v) is 17.2. The summed E-state index contributed by atoms with van der Waals surface area (Å²) in [5.41, 5.74) is 1.23. The number of pyridine rings is 2. The highest BCUT2D eigenvalue weighted by Gasteiger charge is 2.33. The van der Waals surface area contributed by atoms with E-state index in [0.29, 0.717) is 11.3 Å². The highest BCUT2D eigenvalue weighted by Crippen LogP contribution is 2.38. The zero-order chi connectivity index (χ0) is 24.5. The number of hydrogen-bond acceptors (Lipinski definition) is 5. The average molecular weight is 483 g/mol. The Morgan fingerprint density at radius 2 is 1.82 bits per heavy atom. The lowest BCUT2D eigenvalue weighted by Gasteiger charge is -2.16. The van der Waals surface area contributed by atoms with Crippen LogP contribution in [0.3, 0.4) is 0 Å². The third-order valence-electron chi connectivity index (χ3n) is 4.83. The molecule has 0 fully saturated rings. The molecule has 0 saturated carbocycles. The molecule has 1 amide bonds. The van der Waals surface area contributed by atoms with Crippen LogP contribution < -0.4 is 14.4 Å². The van der Waals surface area contributed by atoms with Gasteiger partial charge in [0.1, 0.15) is 11.6 Å². The highest BCUT2D eigenvalue weighted by molar-refractivity contribution is 6.11. The summed E-state index contributed by atoms with van der Waals surface area (Å²) in [6, 6.07) is 7.34. The molecular formula is C22H15F6N3O3. The number of aromatic nitrogens is 2. The molecule has 0 unspecified atom stereocenters. The molecule has 0 radical (unpaired) electrons. The van der Waals surface area contributed by atoms with Crippen molar-refractivity contribution in [3.05, 3.63) is 65.7 Å². The number of halogens is 6. The maximum atomic E-state index is 13.7. The number of nitrogens with zero attached hydrogens (tertiary/aromatic N) is 3. The minimum atomic E-state index is -4.64. The Bertz CT molecular complexity index is 1200. The predicted molar refractivity (Wildman–Crippen MR) is 107 cm³/mol. The minimum absolute atomic E-state index is 0.00759. The summed E-state index contributed by atoms with van der Waals surface area (Å²) in [6.07, 6.45) is -4.72. The van der Waals surface area contributed by atoms with Gasteiger partial charge in [0.05, 0.1) is 24.1 Å². The molecule has 6 nitrogen and oxygen atoms in total. The first-order chi connectivity index (χ1) is 16.1. The van der Waals surface area contributed by atoms with Gasteiger partial charge in [-0.15, -0.1) is 0 Å². The fraction of sp³-hybridized carbons (Fsp3) is 0.227. The standard InChI is InChI=1S/C22H15F6N3O3/c23-12-1-3-15(17(7-12)34-11-22(26,27)28)20-16-9-31(21(32)14(16)5-6-29-20)13-2-4-19(30-8-13)33-10-18(24)25/h1-8,18H,9-11H2. The van der Waals surface area contributed by atoms with Gasteiger partial charge in [0.2, 0.25) is 5.88 Å². The van der Waals surface area contributed by atoms with E-state index in [9.17, 15) is 31.1 Å². The van der Waals surface area contributed by atoms with E-state index in [1.807, 2.05) is 0 Å². The Kier molecular flexibility index (Phi) is 6.31. The van der Waals surface area contributed by atoms with Crippen molar-refractivity contribution in [1.29, 1.82) is 0 Å². The molecule has 12 heteroatoms. The van der Waals surface area contributed by atoms with Gasteiger partial charge in [0.15, 0.2) is 13.2 Å². The summed E-state index contributed by atoms with van der Waals surface area (Å²) in [4.78, 5) is 22.4. The van der Waals surface area contributed by atoms with Crippen LogP contribution in [0.5, 0.6) is 11.6 Å². The summed E-state index contributed by atoms with van der Waals surface area (Å²) in [5.74, 6) is -1.65. The second-order valence-electron chi connectivity index (χ2n) is 7.18. The van der Waals surface area contributed by atoms with Crippen molar-refractivity contribution in [2.75, 3.05) is 18.1 Å². The third kappa shape index (κ3) is 5.05. The van der Waals surface area contributed by atoms with Crippen LogP contribution in [0.15, 0.2) is 48.8 Å². The number of amides is 1. The van der Waals surface area contributed by atoms with E-state index in [0.717, 1.165) is 12.1 Å². The first kappa shape index (κ1) is 23.3. The van der Waals surface area contributed by atoms with Gasteiger partial charge in [-0.05, 0) is 24.3 Å². The molecule has 3 aromatic rings. The van der Waals surface area contributed by atoms with Gasteiger partial charge >= 0.3 is 6.18 Å². The number of hydrogen-bond donors (Lipinski definition) is 0. The molecule has 0 saturated heterocycles. The molecule has 0 N–H and O–H groups in total. The quantitative estimate of drug-likeness (QED) is 0.442. The van der Waals surface area contributed by atoms with E-state index in [2.05, 4.69) is 9.97 Å². The second kappa shape index (κ2) is 9.20. The number of anilines is 1. The van der Waals surface area contributed by atoms with Gasteiger partial charge in [-0.1, -0.05) is 0 Å². The molecular weight excluding hydrogens is 468 g/mol. The molecule has 0 spiro atoms. The Labute approximate surface area is 188 Å². The third-order valence-corrected chi connectivity index (χ3v) is 4.83. The van der Waals surface area contributed by atoms with Gasteiger partial charge < -0.3 is 14.4 Å². The Morgan fingerprint density at radius 3 is 2.50 bits per heavy atom. The lowest BCUT2D eigenvalue weighted by Crippen LogP contribution is -2.23.